The van der Waals surface area contributed by atoms with Crippen LogP contribution in [0.4, 0.5) is 4.79 Å². The van der Waals surface area contributed by atoms with E-state index in [9.17, 15) is 14.4 Å². The molecular weight excluding hydrogens is 334 g/mol. The Morgan fingerprint density at radius 3 is 2.23 bits per heavy atom. The highest BCUT2D eigenvalue weighted by Crippen LogP contribution is 2.06. The third-order valence-electron chi connectivity index (χ3n) is 3.89. The number of likely N-dealkylation sites (N-methyl/N-ethyl adjacent to an activating group) is 1. The first kappa shape index (κ1) is 21.5. The van der Waals surface area contributed by atoms with Gasteiger partial charge in [-0.3, -0.25) is 9.59 Å². The Hall–Kier alpha value is -2.57. The Morgan fingerprint density at radius 1 is 1.04 bits per heavy atom. The van der Waals surface area contributed by atoms with Crippen molar-refractivity contribution in [3.8, 4) is 0 Å². The molecule has 0 bridgehead atoms. The van der Waals surface area contributed by atoms with Crippen molar-refractivity contribution in [3.05, 3.63) is 35.9 Å². The van der Waals surface area contributed by atoms with Gasteiger partial charge in [-0.1, -0.05) is 57.5 Å². The van der Waals surface area contributed by atoms with E-state index in [2.05, 4.69) is 16.0 Å². The normalized spacial score (nSPS) is 12.8. The van der Waals surface area contributed by atoms with Crippen molar-refractivity contribution in [1.82, 2.24) is 16.0 Å². The van der Waals surface area contributed by atoms with E-state index < -0.39 is 24.1 Å². The number of amides is 3. The minimum Gasteiger partial charge on any atom is -0.445 e. The van der Waals surface area contributed by atoms with Crippen LogP contribution in [0.2, 0.25) is 0 Å². The van der Waals surface area contributed by atoms with E-state index in [1.807, 2.05) is 51.1 Å². The summed E-state index contributed by atoms with van der Waals surface area (Å²) in [5.74, 6) is -0.820. The number of benzene rings is 1. The molecule has 0 spiro atoms. The molecule has 0 saturated carbocycles. The number of carbonyl (C=O) groups is 3. The number of ether oxygens (including phenoxy) is 1. The quantitative estimate of drug-likeness (QED) is 0.625. The maximum atomic E-state index is 12.5. The summed E-state index contributed by atoms with van der Waals surface area (Å²) >= 11 is 0. The monoisotopic (exact) mass is 363 g/mol. The molecule has 0 unspecified atom stereocenters. The summed E-state index contributed by atoms with van der Waals surface area (Å²) in [4.78, 5) is 36.5. The van der Waals surface area contributed by atoms with E-state index in [4.69, 9.17) is 4.74 Å². The molecule has 0 fully saturated rings. The molecule has 0 heterocycles. The van der Waals surface area contributed by atoms with Gasteiger partial charge in [0.2, 0.25) is 11.8 Å². The predicted octanol–water partition coefficient (Wildman–Crippen LogP) is 1.97. The third-order valence-corrected chi connectivity index (χ3v) is 3.89. The molecular formula is C19H29N3O4. The van der Waals surface area contributed by atoms with E-state index in [0.29, 0.717) is 6.42 Å². The van der Waals surface area contributed by atoms with Crippen LogP contribution in [-0.2, 0) is 20.9 Å². The molecule has 3 N–H and O–H groups in total. The summed E-state index contributed by atoms with van der Waals surface area (Å²) in [5, 5.41) is 7.83. The zero-order valence-electron chi connectivity index (χ0n) is 15.9. The minimum atomic E-state index is -0.790. The maximum Gasteiger partial charge on any atom is 0.408 e. The van der Waals surface area contributed by atoms with Crippen LogP contribution in [0.1, 0.15) is 39.2 Å². The molecule has 1 aromatic carbocycles. The number of hydrogen-bond acceptors (Lipinski definition) is 4. The Labute approximate surface area is 154 Å². The van der Waals surface area contributed by atoms with Gasteiger partial charge in [0.25, 0.3) is 0 Å². The zero-order valence-corrected chi connectivity index (χ0v) is 15.9. The second kappa shape index (κ2) is 11.1. The summed E-state index contributed by atoms with van der Waals surface area (Å²) in [5.41, 5.74) is 0.857. The molecule has 7 nitrogen and oxygen atoms in total. The summed E-state index contributed by atoms with van der Waals surface area (Å²) in [6, 6.07) is 7.86. The van der Waals surface area contributed by atoms with Crippen LogP contribution < -0.4 is 16.0 Å². The highest BCUT2D eigenvalue weighted by Gasteiger charge is 2.28. The fourth-order valence-electron chi connectivity index (χ4n) is 2.42. The molecule has 7 heteroatoms. The Balaban J connectivity index is 2.64. The fraction of sp³-hybridized carbons (Fsp3) is 0.526. The number of carbonyl (C=O) groups excluding carboxylic acids is 3. The first-order valence-electron chi connectivity index (χ1n) is 8.88. The van der Waals surface area contributed by atoms with Gasteiger partial charge in [0.1, 0.15) is 18.7 Å². The van der Waals surface area contributed by atoms with Crippen molar-refractivity contribution in [2.45, 2.75) is 52.3 Å². The van der Waals surface area contributed by atoms with Crippen molar-refractivity contribution in [2.75, 3.05) is 7.05 Å². The first-order valence-corrected chi connectivity index (χ1v) is 8.88. The maximum absolute atomic E-state index is 12.5. The van der Waals surface area contributed by atoms with Crippen molar-refractivity contribution < 1.29 is 19.1 Å². The van der Waals surface area contributed by atoms with Crippen LogP contribution in [0, 0.1) is 5.92 Å². The van der Waals surface area contributed by atoms with Crippen molar-refractivity contribution in [2.24, 2.45) is 5.92 Å². The number of rotatable bonds is 9. The van der Waals surface area contributed by atoms with Crippen molar-refractivity contribution in [3.63, 3.8) is 0 Å². The first-order chi connectivity index (χ1) is 12.4. The molecule has 0 aliphatic rings. The molecule has 1 rings (SSSR count). The van der Waals surface area contributed by atoms with Crippen LogP contribution in [-0.4, -0.2) is 37.0 Å². The smallest absolute Gasteiger partial charge is 0.408 e. The van der Waals surface area contributed by atoms with E-state index >= 15 is 0 Å². The molecule has 0 aliphatic carbocycles. The lowest BCUT2D eigenvalue weighted by molar-refractivity contribution is -0.130. The lowest BCUT2D eigenvalue weighted by Crippen LogP contribution is -2.55. The van der Waals surface area contributed by atoms with Crippen molar-refractivity contribution >= 4 is 17.9 Å². The number of alkyl carbamates (subject to hydrolysis) is 1. The second-order valence-corrected chi connectivity index (χ2v) is 6.39. The molecule has 1 aromatic rings. The van der Waals surface area contributed by atoms with E-state index in [-0.39, 0.29) is 18.4 Å². The summed E-state index contributed by atoms with van der Waals surface area (Å²) in [6.07, 6.45) is 0.598. The van der Waals surface area contributed by atoms with Gasteiger partial charge in [-0.15, -0.1) is 0 Å². The van der Waals surface area contributed by atoms with Crippen LogP contribution in [0.15, 0.2) is 30.3 Å². The summed E-state index contributed by atoms with van der Waals surface area (Å²) < 4.78 is 5.17. The van der Waals surface area contributed by atoms with E-state index in [0.717, 1.165) is 12.0 Å². The van der Waals surface area contributed by atoms with Gasteiger partial charge in [-0.25, -0.2) is 4.79 Å². The molecule has 0 aliphatic heterocycles. The molecule has 0 aromatic heterocycles. The Morgan fingerprint density at radius 2 is 1.69 bits per heavy atom. The molecule has 0 radical (unpaired) electrons. The highest BCUT2D eigenvalue weighted by molar-refractivity contribution is 5.91. The number of hydrogen-bond donors (Lipinski definition) is 3. The second-order valence-electron chi connectivity index (χ2n) is 6.39. The molecule has 0 saturated heterocycles. The van der Waals surface area contributed by atoms with E-state index in [1.54, 1.807) is 0 Å². The van der Waals surface area contributed by atoms with Crippen LogP contribution in [0.25, 0.3) is 0 Å². The molecule has 144 valence electrons. The van der Waals surface area contributed by atoms with Gasteiger partial charge in [-0.2, -0.15) is 0 Å². The number of nitrogens with one attached hydrogen (secondary N) is 3. The average Bonchev–Trinajstić information content (AvgIpc) is 2.63. The lowest BCUT2D eigenvalue weighted by Gasteiger charge is -2.24. The average molecular weight is 363 g/mol. The summed E-state index contributed by atoms with van der Waals surface area (Å²) in [6.45, 7) is 5.68. The lowest BCUT2D eigenvalue weighted by atomic mass is 10.0. The minimum absolute atomic E-state index is 0.121. The van der Waals surface area contributed by atoms with Gasteiger partial charge in [0.05, 0.1) is 0 Å². The Kier molecular flexibility index (Phi) is 9.19. The molecule has 2 atom stereocenters. The van der Waals surface area contributed by atoms with Crippen LogP contribution in [0.3, 0.4) is 0 Å². The predicted molar refractivity (Wildman–Crippen MR) is 99.3 cm³/mol. The topological polar surface area (TPSA) is 96.5 Å². The molecule has 26 heavy (non-hydrogen) atoms. The highest BCUT2D eigenvalue weighted by atomic mass is 16.5. The zero-order chi connectivity index (χ0) is 19.5. The summed E-state index contributed by atoms with van der Waals surface area (Å²) in [7, 11) is 1.52. The van der Waals surface area contributed by atoms with Crippen molar-refractivity contribution in [1.29, 1.82) is 0 Å². The fourth-order valence-corrected chi connectivity index (χ4v) is 2.42. The largest absolute Gasteiger partial charge is 0.445 e. The van der Waals surface area contributed by atoms with Gasteiger partial charge in [-0.05, 0) is 17.9 Å². The standard InChI is InChI=1S/C19H29N3O4/c1-5-9-15(17(23)20-4)21-18(24)16(13(2)3)22-19(25)26-12-14-10-7-6-8-11-14/h6-8,10-11,13,15-16H,5,9,12H2,1-4H3,(H,20,23)(H,21,24)(H,22,25)/t15-,16-/m0/s1. The SMILES string of the molecule is CCC[C@H](NC(=O)[C@@H](NC(=O)OCc1ccccc1)C(C)C)C(=O)NC. The third kappa shape index (κ3) is 7.13. The molecule has 3 amide bonds. The van der Waals surface area contributed by atoms with Gasteiger partial charge in [0, 0.05) is 7.05 Å². The van der Waals surface area contributed by atoms with Crippen LogP contribution >= 0.6 is 0 Å². The van der Waals surface area contributed by atoms with Crippen LogP contribution in [0.5, 0.6) is 0 Å². The van der Waals surface area contributed by atoms with Gasteiger partial charge < -0.3 is 20.7 Å². The van der Waals surface area contributed by atoms with Gasteiger partial charge in [0.15, 0.2) is 0 Å². The Bertz CT molecular complexity index is 590. The van der Waals surface area contributed by atoms with Gasteiger partial charge >= 0.3 is 6.09 Å². The van der Waals surface area contributed by atoms with E-state index in [1.165, 1.54) is 7.05 Å².